The van der Waals surface area contributed by atoms with Crippen LogP contribution in [0.3, 0.4) is 0 Å². The lowest BCUT2D eigenvalue weighted by Gasteiger charge is -2.12. The molecule has 21 heavy (non-hydrogen) atoms. The quantitative estimate of drug-likeness (QED) is 0.832. The standard InChI is InChI=1S/C16H16N2O3/c1-12(8-15-5-3-7-21-15)18-16(20)14-9-13(4-2-6-19)10-17-11-14/h3,5,7,9-12,19H,6,8H2,1H3,(H,18,20). The van der Waals surface area contributed by atoms with E-state index in [4.69, 9.17) is 9.52 Å². The monoisotopic (exact) mass is 284 g/mol. The van der Waals surface area contributed by atoms with Crippen molar-refractivity contribution in [3.05, 3.63) is 53.7 Å². The molecule has 0 aliphatic heterocycles. The van der Waals surface area contributed by atoms with Crippen molar-refractivity contribution in [1.82, 2.24) is 10.3 Å². The number of aromatic nitrogens is 1. The van der Waals surface area contributed by atoms with Crippen LogP contribution < -0.4 is 5.32 Å². The van der Waals surface area contributed by atoms with E-state index in [2.05, 4.69) is 22.1 Å². The fourth-order valence-corrected chi connectivity index (χ4v) is 1.86. The summed E-state index contributed by atoms with van der Waals surface area (Å²) in [5.74, 6) is 5.85. The van der Waals surface area contributed by atoms with Crippen molar-refractivity contribution in [3.8, 4) is 11.8 Å². The summed E-state index contributed by atoms with van der Waals surface area (Å²) in [6.07, 6.45) is 5.26. The highest BCUT2D eigenvalue weighted by Gasteiger charge is 2.12. The highest BCUT2D eigenvalue weighted by atomic mass is 16.3. The number of rotatable bonds is 4. The van der Waals surface area contributed by atoms with E-state index in [1.165, 1.54) is 6.20 Å². The Hall–Kier alpha value is -2.58. The Kier molecular flexibility index (Phi) is 5.13. The molecule has 1 atom stereocenters. The summed E-state index contributed by atoms with van der Waals surface area (Å²) in [5, 5.41) is 11.5. The van der Waals surface area contributed by atoms with Crippen LogP contribution in [0, 0.1) is 11.8 Å². The second-order valence-electron chi connectivity index (χ2n) is 4.58. The van der Waals surface area contributed by atoms with E-state index in [-0.39, 0.29) is 18.6 Å². The minimum atomic E-state index is -0.226. The number of nitrogens with zero attached hydrogens (tertiary/aromatic N) is 1. The first-order valence-corrected chi connectivity index (χ1v) is 6.57. The van der Waals surface area contributed by atoms with Crippen LogP contribution in [0.2, 0.25) is 0 Å². The number of pyridine rings is 1. The summed E-state index contributed by atoms with van der Waals surface area (Å²) < 4.78 is 5.25. The van der Waals surface area contributed by atoms with Crippen LogP contribution >= 0.6 is 0 Å². The van der Waals surface area contributed by atoms with E-state index >= 15 is 0 Å². The highest BCUT2D eigenvalue weighted by Crippen LogP contribution is 2.06. The van der Waals surface area contributed by atoms with Crippen LogP contribution in [0.25, 0.3) is 0 Å². The molecule has 0 spiro atoms. The molecular formula is C16H16N2O3. The average Bonchev–Trinajstić information content (AvgIpc) is 2.98. The zero-order valence-corrected chi connectivity index (χ0v) is 11.7. The first kappa shape index (κ1) is 14.8. The van der Waals surface area contributed by atoms with Gasteiger partial charge in [0.15, 0.2) is 0 Å². The lowest BCUT2D eigenvalue weighted by atomic mass is 10.1. The first-order valence-electron chi connectivity index (χ1n) is 6.57. The Balaban J connectivity index is 1.99. The van der Waals surface area contributed by atoms with Gasteiger partial charge in [-0.3, -0.25) is 9.78 Å². The van der Waals surface area contributed by atoms with Gasteiger partial charge in [-0.25, -0.2) is 0 Å². The summed E-state index contributed by atoms with van der Waals surface area (Å²) in [4.78, 5) is 16.1. The number of hydrogen-bond donors (Lipinski definition) is 2. The van der Waals surface area contributed by atoms with Gasteiger partial charge in [-0.2, -0.15) is 0 Å². The van der Waals surface area contributed by atoms with E-state index in [0.29, 0.717) is 17.5 Å². The van der Waals surface area contributed by atoms with Gasteiger partial charge >= 0.3 is 0 Å². The topological polar surface area (TPSA) is 75.4 Å². The Morgan fingerprint density at radius 3 is 3.10 bits per heavy atom. The van der Waals surface area contributed by atoms with Crippen LogP contribution in [0.5, 0.6) is 0 Å². The second-order valence-corrected chi connectivity index (χ2v) is 4.58. The molecule has 0 saturated heterocycles. The number of furan rings is 1. The lowest BCUT2D eigenvalue weighted by Crippen LogP contribution is -2.34. The normalized spacial score (nSPS) is 11.3. The summed E-state index contributed by atoms with van der Waals surface area (Å²) in [7, 11) is 0. The van der Waals surface area contributed by atoms with Crippen molar-refractivity contribution in [3.63, 3.8) is 0 Å². The molecule has 5 heteroatoms. The van der Waals surface area contributed by atoms with Gasteiger partial charge in [0.2, 0.25) is 0 Å². The third-order valence-corrected chi connectivity index (χ3v) is 2.78. The molecule has 0 aliphatic rings. The maximum absolute atomic E-state index is 12.1. The minimum absolute atomic E-state index is 0.0594. The largest absolute Gasteiger partial charge is 0.469 e. The van der Waals surface area contributed by atoms with Crippen molar-refractivity contribution < 1.29 is 14.3 Å². The van der Waals surface area contributed by atoms with Crippen molar-refractivity contribution in [1.29, 1.82) is 0 Å². The molecule has 0 aromatic carbocycles. The van der Waals surface area contributed by atoms with E-state index in [0.717, 1.165) is 5.76 Å². The number of aliphatic hydroxyl groups excluding tert-OH is 1. The van der Waals surface area contributed by atoms with Crippen molar-refractivity contribution >= 4 is 5.91 Å². The molecule has 5 nitrogen and oxygen atoms in total. The molecule has 1 amide bonds. The van der Waals surface area contributed by atoms with E-state index in [1.807, 2.05) is 19.1 Å². The third-order valence-electron chi connectivity index (χ3n) is 2.78. The van der Waals surface area contributed by atoms with Gasteiger partial charge in [0, 0.05) is 30.4 Å². The maximum atomic E-state index is 12.1. The minimum Gasteiger partial charge on any atom is -0.469 e. The predicted octanol–water partition coefficient (Wildman–Crippen LogP) is 1.38. The van der Waals surface area contributed by atoms with Crippen LogP contribution in [0.1, 0.15) is 28.6 Å². The Labute approximate surface area is 123 Å². The molecule has 1 unspecified atom stereocenters. The van der Waals surface area contributed by atoms with Gasteiger partial charge in [0.25, 0.3) is 5.91 Å². The first-order chi connectivity index (χ1) is 10.2. The van der Waals surface area contributed by atoms with Crippen molar-refractivity contribution in [2.24, 2.45) is 0 Å². The molecule has 108 valence electrons. The SMILES string of the molecule is CC(Cc1ccco1)NC(=O)c1cncc(C#CCO)c1. The average molecular weight is 284 g/mol. The van der Waals surface area contributed by atoms with E-state index in [1.54, 1.807) is 18.5 Å². The molecule has 2 heterocycles. The number of carbonyl (C=O) groups is 1. The Bertz CT molecular complexity index is 654. The van der Waals surface area contributed by atoms with E-state index in [9.17, 15) is 4.79 Å². The fourth-order valence-electron chi connectivity index (χ4n) is 1.86. The van der Waals surface area contributed by atoms with Crippen LogP contribution in [0.4, 0.5) is 0 Å². The lowest BCUT2D eigenvalue weighted by molar-refractivity contribution is 0.0939. The summed E-state index contributed by atoms with van der Waals surface area (Å²) in [6, 6.07) is 5.27. The van der Waals surface area contributed by atoms with Gasteiger partial charge in [-0.05, 0) is 25.1 Å². The molecule has 2 rings (SSSR count). The zero-order chi connectivity index (χ0) is 15.1. The smallest absolute Gasteiger partial charge is 0.253 e. The number of hydrogen-bond acceptors (Lipinski definition) is 4. The third kappa shape index (κ3) is 4.48. The fraction of sp³-hybridized carbons (Fsp3) is 0.250. The zero-order valence-electron chi connectivity index (χ0n) is 11.7. The molecule has 0 fully saturated rings. The second kappa shape index (κ2) is 7.27. The molecule has 0 aliphatic carbocycles. The van der Waals surface area contributed by atoms with Gasteiger partial charge in [0.1, 0.15) is 12.4 Å². The molecule has 2 N–H and O–H groups in total. The molecule has 0 radical (unpaired) electrons. The number of nitrogens with one attached hydrogen (secondary N) is 1. The highest BCUT2D eigenvalue weighted by molar-refractivity contribution is 5.94. The molecule has 0 bridgehead atoms. The van der Waals surface area contributed by atoms with Crippen molar-refractivity contribution in [2.75, 3.05) is 6.61 Å². The van der Waals surface area contributed by atoms with Gasteiger partial charge in [-0.1, -0.05) is 11.8 Å². The summed E-state index contributed by atoms with van der Waals surface area (Å²) in [6.45, 7) is 1.68. The summed E-state index contributed by atoms with van der Waals surface area (Å²) >= 11 is 0. The van der Waals surface area contributed by atoms with Crippen LogP contribution in [-0.2, 0) is 6.42 Å². The van der Waals surface area contributed by atoms with Crippen LogP contribution in [0.15, 0.2) is 41.3 Å². The Morgan fingerprint density at radius 1 is 1.52 bits per heavy atom. The number of carbonyl (C=O) groups excluding carboxylic acids is 1. The molecule has 2 aromatic rings. The van der Waals surface area contributed by atoms with Gasteiger partial charge < -0.3 is 14.8 Å². The number of aliphatic hydroxyl groups is 1. The summed E-state index contributed by atoms with van der Waals surface area (Å²) in [5.41, 5.74) is 1.03. The van der Waals surface area contributed by atoms with Gasteiger partial charge in [0.05, 0.1) is 11.8 Å². The molecule has 2 aromatic heterocycles. The van der Waals surface area contributed by atoms with E-state index < -0.39 is 0 Å². The van der Waals surface area contributed by atoms with Crippen molar-refractivity contribution in [2.45, 2.75) is 19.4 Å². The van der Waals surface area contributed by atoms with Crippen LogP contribution in [-0.4, -0.2) is 28.6 Å². The Morgan fingerprint density at radius 2 is 2.38 bits per heavy atom. The molecular weight excluding hydrogens is 268 g/mol. The maximum Gasteiger partial charge on any atom is 0.253 e. The van der Waals surface area contributed by atoms with Gasteiger partial charge in [-0.15, -0.1) is 0 Å². The number of amides is 1. The molecule has 0 saturated carbocycles. The predicted molar refractivity (Wildman–Crippen MR) is 77.5 cm³/mol.